The fraction of sp³-hybridized carbons (Fsp3) is 0.316. The summed E-state index contributed by atoms with van der Waals surface area (Å²) in [4.78, 5) is 14.5. The number of hydrogen-bond acceptors (Lipinski definition) is 4. The van der Waals surface area contributed by atoms with Gasteiger partial charge in [0.05, 0.1) is 11.4 Å². The van der Waals surface area contributed by atoms with Gasteiger partial charge in [-0.3, -0.25) is 4.79 Å². The van der Waals surface area contributed by atoms with Crippen LogP contribution in [0, 0.1) is 0 Å². The molecular weight excluding hydrogens is 318 g/mol. The SMILES string of the molecule is CN1CCC(Nc2ccccc2NC(=O)C=Cc2ccsc2)CC1. The minimum Gasteiger partial charge on any atom is -0.381 e. The quantitative estimate of drug-likeness (QED) is 0.811. The van der Waals surface area contributed by atoms with E-state index in [4.69, 9.17) is 0 Å². The van der Waals surface area contributed by atoms with Crippen LogP contribution in [0.3, 0.4) is 0 Å². The number of anilines is 2. The van der Waals surface area contributed by atoms with Crippen molar-refractivity contribution >= 4 is 34.7 Å². The maximum atomic E-state index is 12.2. The van der Waals surface area contributed by atoms with E-state index in [-0.39, 0.29) is 5.91 Å². The molecule has 3 rings (SSSR count). The fourth-order valence-electron chi connectivity index (χ4n) is 2.81. The number of carbonyl (C=O) groups excluding carboxylic acids is 1. The van der Waals surface area contributed by atoms with E-state index >= 15 is 0 Å². The number of amides is 1. The lowest BCUT2D eigenvalue weighted by atomic mass is 10.0. The second-order valence-corrected chi connectivity index (χ2v) is 6.93. The molecule has 1 fully saturated rings. The minimum atomic E-state index is -0.112. The molecule has 0 spiro atoms. The van der Waals surface area contributed by atoms with E-state index in [0.29, 0.717) is 6.04 Å². The molecule has 5 heteroatoms. The average molecular weight is 341 g/mol. The number of thiophene rings is 1. The molecule has 1 aliphatic rings. The summed E-state index contributed by atoms with van der Waals surface area (Å²) in [6, 6.07) is 10.3. The smallest absolute Gasteiger partial charge is 0.248 e. The largest absolute Gasteiger partial charge is 0.381 e. The van der Waals surface area contributed by atoms with Crippen molar-refractivity contribution in [3.05, 3.63) is 52.7 Å². The Hall–Kier alpha value is -2.11. The number of nitrogens with zero attached hydrogens (tertiary/aromatic N) is 1. The Bertz CT molecular complexity index is 688. The van der Waals surface area contributed by atoms with Gasteiger partial charge in [0.15, 0.2) is 0 Å². The van der Waals surface area contributed by atoms with Crippen molar-refractivity contribution in [2.24, 2.45) is 0 Å². The van der Waals surface area contributed by atoms with Gasteiger partial charge in [0, 0.05) is 12.1 Å². The Morgan fingerprint density at radius 1 is 1.21 bits per heavy atom. The van der Waals surface area contributed by atoms with E-state index < -0.39 is 0 Å². The summed E-state index contributed by atoms with van der Waals surface area (Å²) in [5.74, 6) is -0.112. The molecule has 4 nitrogen and oxygen atoms in total. The van der Waals surface area contributed by atoms with Crippen LogP contribution in [0.4, 0.5) is 11.4 Å². The first-order valence-electron chi connectivity index (χ1n) is 8.26. The molecule has 1 aromatic carbocycles. The molecule has 2 N–H and O–H groups in total. The van der Waals surface area contributed by atoms with Crippen molar-refractivity contribution in [3.8, 4) is 0 Å². The lowest BCUT2D eigenvalue weighted by Gasteiger charge is -2.30. The minimum absolute atomic E-state index is 0.112. The molecule has 1 saturated heterocycles. The number of nitrogens with one attached hydrogen (secondary N) is 2. The van der Waals surface area contributed by atoms with Crippen molar-refractivity contribution in [1.82, 2.24) is 4.90 Å². The average Bonchev–Trinajstić information content (AvgIpc) is 3.10. The van der Waals surface area contributed by atoms with Crippen molar-refractivity contribution in [3.63, 3.8) is 0 Å². The zero-order valence-corrected chi connectivity index (χ0v) is 14.7. The van der Waals surface area contributed by atoms with Gasteiger partial charge in [-0.05, 0) is 73.6 Å². The van der Waals surface area contributed by atoms with Crippen LogP contribution in [0.25, 0.3) is 6.08 Å². The Labute approximate surface area is 147 Å². The molecule has 24 heavy (non-hydrogen) atoms. The highest BCUT2D eigenvalue weighted by Crippen LogP contribution is 2.24. The highest BCUT2D eigenvalue weighted by molar-refractivity contribution is 7.08. The lowest BCUT2D eigenvalue weighted by molar-refractivity contribution is -0.111. The monoisotopic (exact) mass is 341 g/mol. The molecule has 2 heterocycles. The number of carbonyl (C=O) groups is 1. The lowest BCUT2D eigenvalue weighted by Crippen LogP contribution is -2.36. The zero-order valence-electron chi connectivity index (χ0n) is 13.9. The molecule has 0 unspecified atom stereocenters. The van der Waals surface area contributed by atoms with Crippen LogP contribution in [0.1, 0.15) is 18.4 Å². The third-order valence-electron chi connectivity index (χ3n) is 4.23. The van der Waals surface area contributed by atoms with E-state index in [2.05, 4.69) is 22.6 Å². The molecule has 0 bridgehead atoms. The van der Waals surface area contributed by atoms with Gasteiger partial charge in [0.25, 0.3) is 0 Å². The van der Waals surface area contributed by atoms with Crippen LogP contribution in [0.15, 0.2) is 47.2 Å². The predicted octanol–water partition coefficient (Wildman–Crippen LogP) is 3.91. The Morgan fingerprint density at radius 3 is 2.67 bits per heavy atom. The van der Waals surface area contributed by atoms with Gasteiger partial charge in [-0.1, -0.05) is 12.1 Å². The maximum Gasteiger partial charge on any atom is 0.248 e. The van der Waals surface area contributed by atoms with Gasteiger partial charge >= 0.3 is 0 Å². The first-order chi connectivity index (χ1) is 11.7. The number of benzene rings is 1. The van der Waals surface area contributed by atoms with E-state index in [1.807, 2.05) is 47.2 Å². The van der Waals surface area contributed by atoms with Gasteiger partial charge in [0.2, 0.25) is 5.91 Å². The molecule has 1 amide bonds. The van der Waals surface area contributed by atoms with E-state index in [9.17, 15) is 4.79 Å². The summed E-state index contributed by atoms with van der Waals surface area (Å²) >= 11 is 1.62. The molecule has 126 valence electrons. The maximum absolute atomic E-state index is 12.2. The van der Waals surface area contributed by atoms with Crippen LogP contribution < -0.4 is 10.6 Å². The summed E-state index contributed by atoms with van der Waals surface area (Å²) in [6.07, 6.45) is 5.65. The van der Waals surface area contributed by atoms with Crippen molar-refractivity contribution in [1.29, 1.82) is 0 Å². The Kier molecular flexibility index (Phi) is 5.67. The fourth-order valence-corrected chi connectivity index (χ4v) is 3.44. The van der Waals surface area contributed by atoms with E-state index in [1.54, 1.807) is 17.4 Å². The van der Waals surface area contributed by atoms with Crippen LogP contribution in [-0.2, 0) is 4.79 Å². The number of piperidine rings is 1. The standard InChI is InChI=1S/C19H23N3OS/c1-22-11-8-16(9-12-22)20-17-4-2-3-5-18(17)21-19(23)7-6-15-10-13-24-14-15/h2-7,10,13-14,16,20H,8-9,11-12H2,1H3,(H,21,23). The predicted molar refractivity (Wildman–Crippen MR) is 103 cm³/mol. The van der Waals surface area contributed by atoms with Crippen molar-refractivity contribution in [2.75, 3.05) is 30.8 Å². The molecule has 0 radical (unpaired) electrons. The van der Waals surface area contributed by atoms with Crippen LogP contribution >= 0.6 is 11.3 Å². The van der Waals surface area contributed by atoms with E-state index in [1.165, 1.54) is 0 Å². The summed E-state index contributed by atoms with van der Waals surface area (Å²) in [5.41, 5.74) is 2.87. The second kappa shape index (κ2) is 8.13. The first kappa shape index (κ1) is 16.7. The summed E-state index contributed by atoms with van der Waals surface area (Å²) in [6.45, 7) is 2.21. The van der Waals surface area contributed by atoms with Crippen LogP contribution in [0.5, 0.6) is 0 Å². The molecule has 2 aromatic rings. The number of rotatable bonds is 5. The normalized spacial score (nSPS) is 16.4. The van der Waals surface area contributed by atoms with Crippen LogP contribution in [-0.4, -0.2) is 37.0 Å². The summed E-state index contributed by atoms with van der Waals surface area (Å²) in [7, 11) is 2.16. The summed E-state index contributed by atoms with van der Waals surface area (Å²) in [5, 5.41) is 10.6. The molecule has 0 aliphatic carbocycles. The van der Waals surface area contributed by atoms with E-state index in [0.717, 1.165) is 42.9 Å². The number of para-hydroxylation sites is 2. The third kappa shape index (κ3) is 4.69. The first-order valence-corrected chi connectivity index (χ1v) is 9.20. The van der Waals surface area contributed by atoms with Crippen LogP contribution in [0.2, 0.25) is 0 Å². The number of likely N-dealkylation sites (tertiary alicyclic amines) is 1. The van der Waals surface area contributed by atoms with Gasteiger partial charge in [-0.15, -0.1) is 0 Å². The topological polar surface area (TPSA) is 44.4 Å². The highest BCUT2D eigenvalue weighted by Gasteiger charge is 2.17. The van der Waals surface area contributed by atoms with Crippen molar-refractivity contribution < 1.29 is 4.79 Å². The van der Waals surface area contributed by atoms with Gasteiger partial charge in [-0.25, -0.2) is 0 Å². The van der Waals surface area contributed by atoms with Gasteiger partial charge < -0.3 is 15.5 Å². The third-order valence-corrected chi connectivity index (χ3v) is 4.93. The van der Waals surface area contributed by atoms with Gasteiger partial charge in [0.1, 0.15) is 0 Å². The summed E-state index contributed by atoms with van der Waals surface area (Å²) < 4.78 is 0. The second-order valence-electron chi connectivity index (χ2n) is 6.15. The Morgan fingerprint density at radius 2 is 1.96 bits per heavy atom. The van der Waals surface area contributed by atoms with Crippen molar-refractivity contribution in [2.45, 2.75) is 18.9 Å². The Balaban J connectivity index is 1.62. The van der Waals surface area contributed by atoms with Gasteiger partial charge in [-0.2, -0.15) is 11.3 Å². The number of hydrogen-bond donors (Lipinski definition) is 2. The molecule has 1 aliphatic heterocycles. The molecule has 0 atom stereocenters. The molecular formula is C19H23N3OS. The highest BCUT2D eigenvalue weighted by atomic mass is 32.1. The zero-order chi connectivity index (χ0) is 16.8. The molecule has 0 saturated carbocycles. The molecule has 1 aromatic heterocycles.